The van der Waals surface area contributed by atoms with Crippen LogP contribution in [0.2, 0.25) is 0 Å². The summed E-state index contributed by atoms with van der Waals surface area (Å²) in [7, 11) is 0. The van der Waals surface area contributed by atoms with Gasteiger partial charge in [0.1, 0.15) is 0 Å². The van der Waals surface area contributed by atoms with Crippen LogP contribution in [0.3, 0.4) is 0 Å². The summed E-state index contributed by atoms with van der Waals surface area (Å²) in [6.07, 6.45) is 0.867. The fourth-order valence-electron chi connectivity index (χ4n) is 4.71. The van der Waals surface area contributed by atoms with Gasteiger partial charge in [-0.15, -0.1) is 0 Å². The molecule has 0 fully saturated rings. The number of aromatic amines is 1. The number of nitrogens with one attached hydrogen (secondary N) is 2. The first-order valence-corrected chi connectivity index (χ1v) is 10.3. The minimum atomic E-state index is -0.0376. The third-order valence-corrected chi connectivity index (χ3v) is 6.00. The highest BCUT2D eigenvalue weighted by molar-refractivity contribution is 6.01. The van der Waals surface area contributed by atoms with Crippen molar-refractivity contribution in [2.45, 2.75) is 26.3 Å². The monoisotopic (exact) mass is 383 g/mol. The molecule has 0 radical (unpaired) electrons. The average Bonchev–Trinajstić information content (AvgIpc) is 3.11. The molecule has 4 nitrogen and oxygen atoms in total. The summed E-state index contributed by atoms with van der Waals surface area (Å²) in [4.78, 5) is 18.9. The summed E-state index contributed by atoms with van der Waals surface area (Å²) in [5.41, 5.74) is 4.55. The van der Waals surface area contributed by atoms with Crippen molar-refractivity contribution in [2.75, 3.05) is 11.9 Å². The van der Waals surface area contributed by atoms with Crippen LogP contribution in [0, 0.1) is 5.92 Å². The third kappa shape index (κ3) is 2.96. The second kappa shape index (κ2) is 6.96. The Bertz CT molecular complexity index is 1200. The number of para-hydroxylation sites is 1. The van der Waals surface area contributed by atoms with Gasteiger partial charge in [-0.05, 0) is 35.4 Å². The zero-order valence-electron chi connectivity index (χ0n) is 16.8. The minimum absolute atomic E-state index is 0.0288. The maximum absolute atomic E-state index is 13.4. The molecule has 1 aliphatic heterocycles. The number of carbonyl (C=O) groups is 1. The van der Waals surface area contributed by atoms with Crippen molar-refractivity contribution < 1.29 is 4.79 Å². The van der Waals surface area contributed by atoms with Gasteiger partial charge in [0.15, 0.2) is 0 Å². The Balaban J connectivity index is 1.51. The van der Waals surface area contributed by atoms with Crippen molar-refractivity contribution in [1.29, 1.82) is 0 Å². The molecule has 2 heterocycles. The van der Waals surface area contributed by atoms with Crippen molar-refractivity contribution >= 4 is 33.4 Å². The number of carbonyl (C=O) groups excluding carboxylic acids is 1. The van der Waals surface area contributed by atoms with Crippen molar-refractivity contribution in [1.82, 2.24) is 9.88 Å². The molecule has 0 saturated heterocycles. The molecule has 5 rings (SSSR count). The molecule has 0 bridgehead atoms. The van der Waals surface area contributed by atoms with Crippen LogP contribution in [0.1, 0.15) is 31.1 Å². The van der Waals surface area contributed by atoms with Crippen LogP contribution in [-0.4, -0.2) is 22.5 Å². The maximum atomic E-state index is 13.4. The van der Waals surface area contributed by atoms with E-state index in [0.717, 1.165) is 28.4 Å². The lowest BCUT2D eigenvalue weighted by atomic mass is 9.90. The van der Waals surface area contributed by atoms with E-state index in [1.54, 1.807) is 0 Å². The van der Waals surface area contributed by atoms with Crippen LogP contribution in [0.5, 0.6) is 0 Å². The highest BCUT2D eigenvalue weighted by Gasteiger charge is 2.35. The predicted octanol–water partition coefficient (Wildman–Crippen LogP) is 6.11. The average molecular weight is 383 g/mol. The van der Waals surface area contributed by atoms with Gasteiger partial charge in [0.25, 0.3) is 0 Å². The molecular weight excluding hydrogens is 358 g/mol. The van der Waals surface area contributed by atoms with Gasteiger partial charge in [0.2, 0.25) is 0 Å². The lowest BCUT2D eigenvalue weighted by Gasteiger charge is -2.38. The molecule has 0 saturated carbocycles. The number of fused-ring (bicyclic) bond motifs is 4. The molecule has 1 aliphatic rings. The first-order chi connectivity index (χ1) is 14.1. The van der Waals surface area contributed by atoms with Gasteiger partial charge in [-0.2, -0.15) is 0 Å². The number of amides is 2. The Kier molecular flexibility index (Phi) is 4.27. The van der Waals surface area contributed by atoms with Gasteiger partial charge in [-0.25, -0.2) is 4.79 Å². The molecule has 1 atom stereocenters. The smallest absolute Gasteiger partial charge is 0.322 e. The normalized spacial score (nSPS) is 16.4. The topological polar surface area (TPSA) is 48.1 Å². The summed E-state index contributed by atoms with van der Waals surface area (Å²) >= 11 is 0. The highest BCUT2D eigenvalue weighted by Crippen LogP contribution is 2.38. The number of anilines is 1. The van der Waals surface area contributed by atoms with Gasteiger partial charge in [-0.3, -0.25) is 0 Å². The van der Waals surface area contributed by atoms with Gasteiger partial charge in [0.05, 0.1) is 11.7 Å². The number of H-pyrrole nitrogens is 1. The fourth-order valence-corrected chi connectivity index (χ4v) is 4.71. The van der Waals surface area contributed by atoms with E-state index in [9.17, 15) is 4.79 Å². The number of benzene rings is 3. The third-order valence-electron chi connectivity index (χ3n) is 6.00. The number of hydrogen-bond donors (Lipinski definition) is 2. The Hall–Kier alpha value is -3.27. The molecule has 2 N–H and O–H groups in total. The maximum Gasteiger partial charge on any atom is 0.322 e. The fraction of sp³-hybridized carbons (Fsp3) is 0.240. The lowest BCUT2D eigenvalue weighted by molar-refractivity contribution is 0.159. The highest BCUT2D eigenvalue weighted by atomic mass is 16.2. The SMILES string of the molecule is CC(C)[C@H]1c2[nH]c3ccccc3c2CCN1C(=O)Nc1cccc2ccccc12. The Morgan fingerprint density at radius 2 is 1.72 bits per heavy atom. The number of rotatable bonds is 2. The van der Waals surface area contributed by atoms with Gasteiger partial charge in [-0.1, -0.05) is 68.4 Å². The van der Waals surface area contributed by atoms with Crippen molar-refractivity contribution in [3.63, 3.8) is 0 Å². The van der Waals surface area contributed by atoms with Crippen LogP contribution in [0.15, 0.2) is 66.7 Å². The lowest BCUT2D eigenvalue weighted by Crippen LogP contribution is -2.44. The van der Waals surface area contributed by atoms with Crippen molar-refractivity contribution in [3.8, 4) is 0 Å². The van der Waals surface area contributed by atoms with Gasteiger partial charge < -0.3 is 15.2 Å². The van der Waals surface area contributed by atoms with E-state index in [0.29, 0.717) is 12.5 Å². The summed E-state index contributed by atoms with van der Waals surface area (Å²) in [6.45, 7) is 5.08. The standard InChI is InChI=1S/C25H25N3O/c1-16(2)24-23-20(19-11-5-6-12-22(19)26-23)14-15-28(24)25(29)27-21-13-7-9-17-8-3-4-10-18(17)21/h3-13,16,24,26H,14-15H2,1-2H3,(H,27,29)/t24-/m0/s1. The van der Waals surface area contributed by atoms with Gasteiger partial charge in [0, 0.05) is 28.5 Å². The van der Waals surface area contributed by atoms with Crippen LogP contribution < -0.4 is 5.32 Å². The molecule has 3 aromatic carbocycles. The predicted molar refractivity (Wildman–Crippen MR) is 119 cm³/mol. The molecule has 0 spiro atoms. The first-order valence-electron chi connectivity index (χ1n) is 10.3. The number of urea groups is 1. The summed E-state index contributed by atoms with van der Waals surface area (Å²) in [5, 5.41) is 6.65. The Labute approximate surface area is 170 Å². The van der Waals surface area contributed by atoms with Crippen LogP contribution in [0.4, 0.5) is 10.5 Å². The molecule has 29 heavy (non-hydrogen) atoms. The summed E-state index contributed by atoms with van der Waals surface area (Å²) in [6, 6.07) is 22.6. The van der Waals surface area contributed by atoms with E-state index in [-0.39, 0.29) is 12.1 Å². The molecule has 4 aromatic rings. The van der Waals surface area contributed by atoms with Crippen LogP contribution in [0.25, 0.3) is 21.7 Å². The van der Waals surface area contributed by atoms with Crippen LogP contribution >= 0.6 is 0 Å². The number of aromatic nitrogens is 1. The summed E-state index contributed by atoms with van der Waals surface area (Å²) in [5.74, 6) is 0.306. The van der Waals surface area contributed by atoms with E-state index in [1.165, 1.54) is 16.6 Å². The molecule has 2 amide bonds. The Morgan fingerprint density at radius 1 is 1.00 bits per heavy atom. The molecule has 146 valence electrons. The molecule has 0 aliphatic carbocycles. The first kappa shape index (κ1) is 17.8. The number of hydrogen-bond acceptors (Lipinski definition) is 1. The van der Waals surface area contributed by atoms with E-state index in [4.69, 9.17) is 0 Å². The van der Waals surface area contributed by atoms with E-state index >= 15 is 0 Å². The van der Waals surface area contributed by atoms with Gasteiger partial charge >= 0.3 is 6.03 Å². The van der Waals surface area contributed by atoms with E-state index in [2.05, 4.69) is 66.6 Å². The second-order valence-corrected chi connectivity index (χ2v) is 8.15. The molecule has 0 unspecified atom stereocenters. The van der Waals surface area contributed by atoms with Crippen LogP contribution in [-0.2, 0) is 6.42 Å². The summed E-state index contributed by atoms with van der Waals surface area (Å²) < 4.78 is 0. The second-order valence-electron chi connectivity index (χ2n) is 8.15. The van der Waals surface area contributed by atoms with E-state index in [1.807, 2.05) is 29.2 Å². The number of nitrogens with zero attached hydrogens (tertiary/aromatic N) is 1. The quantitative estimate of drug-likeness (QED) is 0.431. The molecular formula is C25H25N3O. The molecule has 4 heteroatoms. The zero-order chi connectivity index (χ0) is 20.0. The van der Waals surface area contributed by atoms with E-state index < -0.39 is 0 Å². The minimum Gasteiger partial charge on any atom is -0.356 e. The largest absolute Gasteiger partial charge is 0.356 e. The Morgan fingerprint density at radius 3 is 2.55 bits per heavy atom. The molecule has 1 aromatic heterocycles. The zero-order valence-corrected chi connectivity index (χ0v) is 16.8. The van der Waals surface area contributed by atoms with Crippen molar-refractivity contribution in [2.24, 2.45) is 5.92 Å². The van der Waals surface area contributed by atoms with Crippen molar-refractivity contribution in [3.05, 3.63) is 78.0 Å².